The van der Waals surface area contributed by atoms with Crippen LogP contribution in [0.3, 0.4) is 0 Å². The third-order valence-corrected chi connectivity index (χ3v) is 4.62. The van der Waals surface area contributed by atoms with Gasteiger partial charge >= 0.3 is 0 Å². The van der Waals surface area contributed by atoms with Gasteiger partial charge < -0.3 is 10.1 Å². The summed E-state index contributed by atoms with van der Waals surface area (Å²) >= 11 is 0. The number of carbonyl (C=O) groups excluding carboxylic acids is 1. The molecule has 2 aromatic carbocycles. The molecule has 0 aliphatic carbocycles. The van der Waals surface area contributed by atoms with Crippen molar-refractivity contribution in [2.75, 3.05) is 32.8 Å². The molecule has 4 nitrogen and oxygen atoms in total. The summed E-state index contributed by atoms with van der Waals surface area (Å²) < 4.78 is 32.5. The molecule has 1 N–H and O–H groups in total. The van der Waals surface area contributed by atoms with Crippen LogP contribution in [0.25, 0.3) is 0 Å². The van der Waals surface area contributed by atoms with Gasteiger partial charge in [-0.3, -0.25) is 9.69 Å². The summed E-state index contributed by atoms with van der Waals surface area (Å²) in [4.78, 5) is 13.5. The van der Waals surface area contributed by atoms with Crippen molar-refractivity contribution in [3.05, 3.63) is 71.3 Å². The Bertz CT molecular complexity index is 689. The van der Waals surface area contributed by atoms with Gasteiger partial charge in [-0.1, -0.05) is 24.3 Å². The van der Waals surface area contributed by atoms with Crippen LogP contribution in [0, 0.1) is 11.6 Å². The second kappa shape index (κ2) is 9.58. The number of halogens is 2. The Morgan fingerprint density at radius 3 is 2.11 bits per heavy atom. The van der Waals surface area contributed by atoms with Crippen molar-refractivity contribution < 1.29 is 18.3 Å². The lowest BCUT2D eigenvalue weighted by atomic mass is 10.0. The third kappa shape index (κ3) is 5.84. The van der Waals surface area contributed by atoms with Crippen LogP contribution in [0.5, 0.6) is 0 Å². The molecular weight excluding hydrogens is 350 g/mol. The number of nitrogens with one attached hydrogen (secondary N) is 1. The van der Waals surface area contributed by atoms with Gasteiger partial charge in [-0.05, 0) is 54.8 Å². The van der Waals surface area contributed by atoms with Crippen LogP contribution >= 0.6 is 0 Å². The van der Waals surface area contributed by atoms with Crippen molar-refractivity contribution in [2.45, 2.75) is 18.9 Å². The molecule has 1 aliphatic rings. The first-order valence-corrected chi connectivity index (χ1v) is 9.23. The van der Waals surface area contributed by atoms with Crippen LogP contribution < -0.4 is 5.32 Å². The molecular formula is C21H24F2N2O2. The Kier molecular flexibility index (Phi) is 6.90. The zero-order chi connectivity index (χ0) is 19.1. The minimum absolute atomic E-state index is 0.0742. The summed E-state index contributed by atoms with van der Waals surface area (Å²) in [6.45, 7) is 3.41. The fourth-order valence-corrected chi connectivity index (χ4v) is 3.18. The third-order valence-electron chi connectivity index (χ3n) is 4.62. The molecule has 0 unspecified atom stereocenters. The number of carbonyl (C=O) groups is 1. The second-order valence-electron chi connectivity index (χ2n) is 6.69. The van der Waals surface area contributed by atoms with Crippen molar-refractivity contribution in [3.63, 3.8) is 0 Å². The lowest BCUT2D eigenvalue weighted by Crippen LogP contribution is -2.47. The highest BCUT2D eigenvalue weighted by molar-refractivity contribution is 5.78. The van der Waals surface area contributed by atoms with Crippen LogP contribution in [0.15, 0.2) is 48.5 Å². The quantitative estimate of drug-likeness (QED) is 0.721. The molecule has 1 fully saturated rings. The highest BCUT2D eigenvalue weighted by Crippen LogP contribution is 2.26. The van der Waals surface area contributed by atoms with Gasteiger partial charge in [-0.2, -0.15) is 0 Å². The number of ether oxygens (including phenoxy) is 1. The first-order chi connectivity index (χ1) is 13.1. The first-order valence-electron chi connectivity index (χ1n) is 9.23. The van der Waals surface area contributed by atoms with Gasteiger partial charge in [0, 0.05) is 19.7 Å². The van der Waals surface area contributed by atoms with Crippen LogP contribution in [-0.4, -0.2) is 43.6 Å². The van der Waals surface area contributed by atoms with Crippen LogP contribution in [0.1, 0.15) is 30.1 Å². The predicted molar refractivity (Wildman–Crippen MR) is 99.3 cm³/mol. The molecule has 0 atom stereocenters. The SMILES string of the molecule is O=C1CN(CCCCOC(c2ccc(F)cc2)c2ccc(F)cc2)CCN1. The molecule has 1 saturated heterocycles. The summed E-state index contributed by atoms with van der Waals surface area (Å²) in [7, 11) is 0. The normalized spacial score (nSPS) is 15.1. The minimum atomic E-state index is -0.369. The van der Waals surface area contributed by atoms with Gasteiger partial charge in [0.15, 0.2) is 0 Å². The van der Waals surface area contributed by atoms with Gasteiger partial charge in [-0.15, -0.1) is 0 Å². The number of rotatable bonds is 8. The fourth-order valence-electron chi connectivity index (χ4n) is 3.18. The topological polar surface area (TPSA) is 41.6 Å². The maximum Gasteiger partial charge on any atom is 0.234 e. The van der Waals surface area contributed by atoms with E-state index in [1.54, 1.807) is 24.3 Å². The molecule has 0 spiro atoms. The number of unbranched alkanes of at least 4 members (excludes halogenated alkanes) is 1. The summed E-state index contributed by atoms with van der Waals surface area (Å²) in [5.74, 6) is -0.533. The maximum absolute atomic E-state index is 13.2. The molecule has 0 bridgehead atoms. The van der Waals surface area contributed by atoms with Gasteiger partial charge in [-0.25, -0.2) is 8.78 Å². The molecule has 1 heterocycles. The highest BCUT2D eigenvalue weighted by Gasteiger charge is 2.17. The number of piperazine rings is 1. The number of benzene rings is 2. The maximum atomic E-state index is 13.2. The Morgan fingerprint density at radius 1 is 0.963 bits per heavy atom. The van der Waals surface area contributed by atoms with E-state index in [0.29, 0.717) is 19.7 Å². The largest absolute Gasteiger partial charge is 0.369 e. The number of hydrogen-bond donors (Lipinski definition) is 1. The molecule has 1 amide bonds. The van der Waals surface area contributed by atoms with Crippen LogP contribution in [0.4, 0.5) is 8.78 Å². The molecule has 0 radical (unpaired) electrons. The smallest absolute Gasteiger partial charge is 0.234 e. The van der Waals surface area contributed by atoms with Gasteiger partial charge in [0.25, 0.3) is 0 Å². The summed E-state index contributed by atoms with van der Waals surface area (Å²) in [6.07, 6.45) is 1.40. The fraction of sp³-hybridized carbons (Fsp3) is 0.381. The van der Waals surface area contributed by atoms with E-state index in [0.717, 1.165) is 37.1 Å². The summed E-state index contributed by atoms with van der Waals surface area (Å²) in [5, 5.41) is 2.81. The van der Waals surface area contributed by atoms with Crippen molar-refractivity contribution in [2.24, 2.45) is 0 Å². The average Bonchev–Trinajstić information content (AvgIpc) is 2.67. The van der Waals surface area contributed by atoms with Crippen molar-refractivity contribution in [1.82, 2.24) is 10.2 Å². The predicted octanol–water partition coefficient (Wildman–Crippen LogP) is 3.28. The lowest BCUT2D eigenvalue weighted by molar-refractivity contribution is -0.124. The Morgan fingerprint density at radius 2 is 1.56 bits per heavy atom. The van der Waals surface area contributed by atoms with Crippen LogP contribution in [-0.2, 0) is 9.53 Å². The van der Waals surface area contributed by atoms with Gasteiger partial charge in [0.2, 0.25) is 5.91 Å². The zero-order valence-electron chi connectivity index (χ0n) is 15.2. The molecule has 2 aromatic rings. The van der Waals surface area contributed by atoms with Gasteiger partial charge in [0.05, 0.1) is 6.54 Å². The molecule has 3 rings (SSSR count). The molecule has 27 heavy (non-hydrogen) atoms. The summed E-state index contributed by atoms with van der Waals surface area (Å²) in [6, 6.07) is 12.4. The molecule has 0 aromatic heterocycles. The van der Waals surface area contributed by atoms with E-state index >= 15 is 0 Å². The van der Waals surface area contributed by atoms with Crippen molar-refractivity contribution in [1.29, 1.82) is 0 Å². The van der Waals surface area contributed by atoms with Crippen molar-refractivity contribution in [3.8, 4) is 0 Å². The van der Waals surface area contributed by atoms with Crippen LogP contribution in [0.2, 0.25) is 0 Å². The number of amides is 1. The van der Waals surface area contributed by atoms with E-state index in [4.69, 9.17) is 4.74 Å². The minimum Gasteiger partial charge on any atom is -0.369 e. The molecule has 6 heteroatoms. The standard InChI is InChI=1S/C21H24F2N2O2/c22-18-7-3-16(4-8-18)21(17-5-9-19(23)10-6-17)27-14-2-1-12-25-13-11-24-20(26)15-25/h3-10,21H,1-2,11-15H2,(H,24,26). The van der Waals surface area contributed by atoms with Gasteiger partial charge in [0.1, 0.15) is 17.7 Å². The highest BCUT2D eigenvalue weighted by atomic mass is 19.1. The van der Waals surface area contributed by atoms with E-state index in [1.165, 1.54) is 24.3 Å². The second-order valence-corrected chi connectivity index (χ2v) is 6.69. The van der Waals surface area contributed by atoms with E-state index in [1.807, 2.05) is 0 Å². The Labute approximate surface area is 158 Å². The molecule has 0 saturated carbocycles. The average molecular weight is 374 g/mol. The molecule has 144 valence electrons. The Hall–Kier alpha value is -2.31. The van der Waals surface area contributed by atoms with E-state index in [9.17, 15) is 13.6 Å². The van der Waals surface area contributed by atoms with E-state index < -0.39 is 0 Å². The monoisotopic (exact) mass is 374 g/mol. The number of hydrogen-bond acceptors (Lipinski definition) is 3. The number of nitrogens with zero attached hydrogens (tertiary/aromatic N) is 1. The van der Waals surface area contributed by atoms with E-state index in [2.05, 4.69) is 10.2 Å². The Balaban J connectivity index is 1.54. The van der Waals surface area contributed by atoms with Crippen molar-refractivity contribution >= 4 is 5.91 Å². The lowest BCUT2D eigenvalue weighted by Gasteiger charge is -2.26. The van der Waals surface area contributed by atoms with E-state index in [-0.39, 0.29) is 23.6 Å². The summed E-state index contributed by atoms with van der Waals surface area (Å²) in [5.41, 5.74) is 1.66. The molecule has 1 aliphatic heterocycles. The first kappa shape index (κ1) is 19.5. The zero-order valence-corrected chi connectivity index (χ0v) is 15.2.